The third-order valence-corrected chi connectivity index (χ3v) is 6.54. The first kappa shape index (κ1) is 21.1. The van der Waals surface area contributed by atoms with E-state index >= 15 is 0 Å². The molecule has 0 aliphatic carbocycles. The zero-order valence-electron chi connectivity index (χ0n) is 15.9. The molecule has 2 aromatic heterocycles. The van der Waals surface area contributed by atoms with Gasteiger partial charge in [-0.15, -0.1) is 11.3 Å². The van der Waals surface area contributed by atoms with Crippen molar-refractivity contribution < 1.29 is 18.3 Å². The summed E-state index contributed by atoms with van der Waals surface area (Å²) in [6.07, 6.45) is -4.71. The number of hydrogen-bond donors (Lipinski definition) is 1. The summed E-state index contributed by atoms with van der Waals surface area (Å²) in [7, 11) is 0. The zero-order valence-corrected chi connectivity index (χ0v) is 17.5. The molecular formula is C21H13F3N4OS2. The van der Waals surface area contributed by atoms with Gasteiger partial charge in [-0.3, -0.25) is 0 Å². The van der Waals surface area contributed by atoms with Crippen LogP contribution in [0.5, 0.6) is 0 Å². The number of aliphatic hydroxyl groups excluding tert-OH is 1. The lowest BCUT2D eigenvalue weighted by Crippen LogP contribution is -2.13. The lowest BCUT2D eigenvalue weighted by molar-refractivity contribution is -0.145. The van der Waals surface area contributed by atoms with E-state index in [1.807, 2.05) is 24.3 Å². The number of hydrogen-bond acceptors (Lipinski definition) is 7. The van der Waals surface area contributed by atoms with Crippen LogP contribution in [-0.2, 0) is 6.18 Å². The van der Waals surface area contributed by atoms with Crippen molar-refractivity contribution in [2.24, 2.45) is 0 Å². The van der Waals surface area contributed by atoms with Gasteiger partial charge in [-0.25, -0.2) is 15.0 Å². The number of aromatic nitrogens is 3. The van der Waals surface area contributed by atoms with Crippen LogP contribution in [0.15, 0.2) is 59.3 Å². The number of fused-ring (bicyclic) bond motifs is 2. The highest BCUT2D eigenvalue weighted by Gasteiger charge is 2.36. The number of alkyl halides is 3. The zero-order chi connectivity index (χ0) is 22.2. The van der Waals surface area contributed by atoms with Crippen molar-refractivity contribution in [2.75, 3.05) is 0 Å². The Balaban J connectivity index is 1.75. The van der Waals surface area contributed by atoms with Crippen molar-refractivity contribution in [3.63, 3.8) is 0 Å². The second kappa shape index (κ2) is 8.17. The summed E-state index contributed by atoms with van der Waals surface area (Å²) >= 11 is 2.18. The highest BCUT2D eigenvalue weighted by molar-refractivity contribution is 8.00. The Hall–Kier alpha value is -3.16. The number of thioether (sulfide) groups is 1. The third-order valence-electron chi connectivity index (χ3n) is 4.37. The Kier molecular flexibility index (Phi) is 5.56. The van der Waals surface area contributed by atoms with Crippen molar-refractivity contribution in [2.45, 2.75) is 23.4 Å². The molecule has 0 saturated heterocycles. The molecule has 0 spiro atoms. The fourth-order valence-electron chi connectivity index (χ4n) is 2.88. The standard InChI is InChI=1S/C21H13F3N4OS2/c1-11(17(29)13(10-25)19-26-15-8-4-5-9-16(15)31-19)30-18-12-6-2-3-7-14(12)27-20(28-18)21(22,23)24/h2-9,11,29H,1H3/b17-13-. The Morgan fingerprint density at radius 1 is 1.06 bits per heavy atom. The summed E-state index contributed by atoms with van der Waals surface area (Å²) in [5.74, 6) is -1.53. The molecule has 0 saturated carbocycles. The minimum absolute atomic E-state index is 0.0180. The number of para-hydroxylation sites is 2. The van der Waals surface area contributed by atoms with Gasteiger partial charge in [-0.1, -0.05) is 42.1 Å². The van der Waals surface area contributed by atoms with E-state index < -0.39 is 17.3 Å². The van der Waals surface area contributed by atoms with Crippen LogP contribution < -0.4 is 0 Å². The summed E-state index contributed by atoms with van der Waals surface area (Å²) in [4.78, 5) is 11.7. The molecule has 1 atom stereocenters. The first-order chi connectivity index (χ1) is 14.8. The van der Waals surface area contributed by atoms with Crippen LogP contribution in [0, 0.1) is 11.3 Å². The highest BCUT2D eigenvalue weighted by Crippen LogP contribution is 2.37. The Morgan fingerprint density at radius 2 is 1.74 bits per heavy atom. The first-order valence-corrected chi connectivity index (χ1v) is 10.7. The van der Waals surface area contributed by atoms with Crippen molar-refractivity contribution in [1.82, 2.24) is 15.0 Å². The molecule has 2 heterocycles. The van der Waals surface area contributed by atoms with Crippen LogP contribution in [-0.4, -0.2) is 25.3 Å². The van der Waals surface area contributed by atoms with E-state index in [1.165, 1.54) is 17.4 Å². The minimum atomic E-state index is -4.71. The van der Waals surface area contributed by atoms with Crippen molar-refractivity contribution in [3.05, 3.63) is 65.1 Å². The van der Waals surface area contributed by atoms with Crippen molar-refractivity contribution in [3.8, 4) is 6.07 Å². The van der Waals surface area contributed by atoms with Crippen LogP contribution in [0.2, 0.25) is 0 Å². The summed E-state index contributed by atoms with van der Waals surface area (Å²) in [6, 6.07) is 15.6. The topological polar surface area (TPSA) is 82.7 Å². The monoisotopic (exact) mass is 458 g/mol. The molecular weight excluding hydrogens is 445 g/mol. The first-order valence-electron chi connectivity index (χ1n) is 8.97. The van der Waals surface area contributed by atoms with E-state index in [-0.39, 0.29) is 21.9 Å². The van der Waals surface area contributed by atoms with Gasteiger partial charge in [0.15, 0.2) is 0 Å². The summed E-state index contributed by atoms with van der Waals surface area (Å²) < 4.78 is 40.6. The van der Waals surface area contributed by atoms with E-state index in [9.17, 15) is 23.5 Å². The van der Waals surface area contributed by atoms with Crippen LogP contribution in [0.4, 0.5) is 13.2 Å². The van der Waals surface area contributed by atoms with E-state index in [1.54, 1.807) is 31.2 Å². The van der Waals surface area contributed by atoms with Gasteiger partial charge < -0.3 is 5.11 Å². The summed E-state index contributed by atoms with van der Waals surface area (Å²) in [6.45, 7) is 1.59. The van der Waals surface area contributed by atoms with Crippen LogP contribution in [0.1, 0.15) is 17.8 Å². The molecule has 0 aliphatic rings. The van der Waals surface area contributed by atoms with Gasteiger partial charge in [0.1, 0.15) is 27.4 Å². The van der Waals surface area contributed by atoms with E-state index in [4.69, 9.17) is 0 Å². The number of halogens is 3. The number of nitriles is 1. The predicted molar refractivity (Wildman–Crippen MR) is 115 cm³/mol. The van der Waals surface area contributed by atoms with Gasteiger partial charge in [0.25, 0.3) is 0 Å². The molecule has 5 nitrogen and oxygen atoms in total. The number of nitrogens with zero attached hydrogens (tertiary/aromatic N) is 4. The van der Waals surface area contributed by atoms with Gasteiger partial charge >= 0.3 is 6.18 Å². The number of aliphatic hydroxyl groups is 1. The normalized spacial score (nSPS) is 13.8. The van der Waals surface area contributed by atoms with Crippen LogP contribution in [0.3, 0.4) is 0 Å². The van der Waals surface area contributed by atoms with Gasteiger partial charge in [0, 0.05) is 5.39 Å². The molecule has 1 unspecified atom stereocenters. The number of thiazole rings is 1. The Labute approximate surface area is 182 Å². The van der Waals surface area contributed by atoms with Gasteiger partial charge in [0.05, 0.1) is 21.0 Å². The fraction of sp³-hybridized carbons (Fsp3) is 0.143. The van der Waals surface area contributed by atoms with E-state index in [0.29, 0.717) is 15.9 Å². The molecule has 0 amide bonds. The Morgan fingerprint density at radius 3 is 2.42 bits per heavy atom. The molecule has 0 fully saturated rings. The second-order valence-corrected chi connectivity index (χ2v) is 8.85. The van der Waals surface area contributed by atoms with Crippen molar-refractivity contribution in [1.29, 1.82) is 5.26 Å². The lowest BCUT2D eigenvalue weighted by Gasteiger charge is -2.14. The predicted octanol–water partition coefficient (Wildman–Crippen LogP) is 6.23. The third kappa shape index (κ3) is 4.19. The molecule has 4 aromatic rings. The quantitative estimate of drug-likeness (QED) is 0.169. The molecule has 1 N–H and O–H groups in total. The van der Waals surface area contributed by atoms with E-state index in [0.717, 1.165) is 16.5 Å². The molecule has 0 radical (unpaired) electrons. The fourth-order valence-corrected chi connectivity index (χ4v) is 4.86. The lowest BCUT2D eigenvalue weighted by atomic mass is 10.2. The average Bonchev–Trinajstić information content (AvgIpc) is 3.17. The van der Waals surface area contributed by atoms with Gasteiger partial charge in [-0.2, -0.15) is 18.4 Å². The minimum Gasteiger partial charge on any atom is -0.510 e. The number of allylic oxidation sites excluding steroid dienone is 1. The molecule has 4 rings (SSSR count). The molecule has 10 heteroatoms. The van der Waals surface area contributed by atoms with E-state index in [2.05, 4.69) is 15.0 Å². The average molecular weight is 458 g/mol. The number of rotatable bonds is 4. The maximum Gasteiger partial charge on any atom is 0.451 e. The van der Waals surface area contributed by atoms with Gasteiger partial charge in [0.2, 0.25) is 5.82 Å². The number of benzene rings is 2. The molecule has 0 aliphatic heterocycles. The second-order valence-electron chi connectivity index (χ2n) is 6.49. The van der Waals surface area contributed by atoms with Crippen molar-refractivity contribution >= 4 is 49.8 Å². The molecule has 31 heavy (non-hydrogen) atoms. The maximum atomic E-state index is 13.3. The Bertz CT molecular complexity index is 1330. The molecule has 0 bridgehead atoms. The van der Waals surface area contributed by atoms with Crippen LogP contribution in [0.25, 0.3) is 26.7 Å². The summed E-state index contributed by atoms with van der Waals surface area (Å²) in [5, 5.41) is 20.5. The SMILES string of the molecule is CC(Sc1nc(C(F)(F)F)nc2ccccc12)/C(O)=C(\C#N)c1nc2ccccc2s1. The molecule has 2 aromatic carbocycles. The largest absolute Gasteiger partial charge is 0.510 e. The molecule has 156 valence electrons. The highest BCUT2D eigenvalue weighted by atomic mass is 32.2. The van der Waals surface area contributed by atoms with Crippen LogP contribution >= 0.6 is 23.1 Å². The smallest absolute Gasteiger partial charge is 0.451 e. The van der Waals surface area contributed by atoms with Gasteiger partial charge in [-0.05, 0) is 25.1 Å². The summed E-state index contributed by atoms with van der Waals surface area (Å²) in [5.41, 5.74) is 0.824. The maximum absolute atomic E-state index is 13.3.